The molecule has 4 nitrogen and oxygen atoms in total. The summed E-state index contributed by atoms with van der Waals surface area (Å²) in [5.41, 5.74) is 5.43. The highest BCUT2D eigenvalue weighted by Crippen LogP contribution is 2.10. The predicted octanol–water partition coefficient (Wildman–Crippen LogP) is 2.73. The number of unbranched alkanes of at least 4 members (excludes halogenated alkanes) is 2. The van der Waals surface area contributed by atoms with Gasteiger partial charge in [-0.2, -0.15) is 0 Å². The molecular formula is C15H33Cl2N3O. The molecule has 0 radical (unpaired) electrons. The van der Waals surface area contributed by atoms with Gasteiger partial charge in [0.15, 0.2) is 0 Å². The SMILES string of the molecule is Cl.Cl.NCCCCCNC(=O)CCN1CCCCCCC1. The zero-order chi connectivity index (χ0) is 13.8. The molecule has 0 aromatic heterocycles. The maximum absolute atomic E-state index is 11.7. The fourth-order valence-corrected chi connectivity index (χ4v) is 2.56. The standard InChI is InChI=1S/C15H31N3O.2ClH/c16-10-5-4-6-11-17-15(19)9-14-18-12-7-2-1-3-8-13-18;;/h1-14,16H2,(H,17,19);2*1H. The van der Waals surface area contributed by atoms with Gasteiger partial charge in [-0.3, -0.25) is 4.79 Å². The van der Waals surface area contributed by atoms with Crippen LogP contribution < -0.4 is 11.1 Å². The molecule has 21 heavy (non-hydrogen) atoms. The molecule has 1 saturated heterocycles. The number of hydrogen-bond acceptors (Lipinski definition) is 3. The Morgan fingerprint density at radius 2 is 1.57 bits per heavy atom. The molecular weight excluding hydrogens is 309 g/mol. The van der Waals surface area contributed by atoms with E-state index < -0.39 is 0 Å². The van der Waals surface area contributed by atoms with Crippen molar-refractivity contribution in [2.24, 2.45) is 5.73 Å². The van der Waals surface area contributed by atoms with Crippen LogP contribution in [0.4, 0.5) is 0 Å². The number of carbonyl (C=O) groups excluding carboxylic acids is 1. The van der Waals surface area contributed by atoms with Crippen LogP contribution in [0.2, 0.25) is 0 Å². The van der Waals surface area contributed by atoms with E-state index in [2.05, 4.69) is 10.2 Å². The summed E-state index contributed by atoms with van der Waals surface area (Å²) >= 11 is 0. The summed E-state index contributed by atoms with van der Waals surface area (Å²) in [4.78, 5) is 14.2. The van der Waals surface area contributed by atoms with Crippen molar-refractivity contribution in [2.75, 3.05) is 32.7 Å². The molecule has 1 rings (SSSR count). The van der Waals surface area contributed by atoms with E-state index in [4.69, 9.17) is 5.73 Å². The van der Waals surface area contributed by atoms with Crippen LogP contribution in [-0.2, 0) is 4.79 Å². The largest absolute Gasteiger partial charge is 0.356 e. The van der Waals surface area contributed by atoms with Gasteiger partial charge in [-0.05, 0) is 45.3 Å². The van der Waals surface area contributed by atoms with E-state index >= 15 is 0 Å². The summed E-state index contributed by atoms with van der Waals surface area (Å²) in [7, 11) is 0. The average molecular weight is 342 g/mol. The lowest BCUT2D eigenvalue weighted by atomic mass is 10.1. The summed E-state index contributed by atoms with van der Waals surface area (Å²) in [5, 5.41) is 3.00. The Bertz CT molecular complexity index is 235. The van der Waals surface area contributed by atoms with E-state index in [0.717, 1.165) is 38.9 Å². The number of nitrogens with two attached hydrogens (primary N) is 1. The number of halogens is 2. The Morgan fingerprint density at radius 3 is 2.19 bits per heavy atom. The first-order chi connectivity index (χ1) is 9.33. The molecule has 1 aliphatic rings. The molecule has 0 bridgehead atoms. The molecule has 0 aromatic rings. The van der Waals surface area contributed by atoms with Gasteiger partial charge in [-0.1, -0.05) is 25.7 Å². The topological polar surface area (TPSA) is 58.4 Å². The van der Waals surface area contributed by atoms with Crippen LogP contribution >= 0.6 is 24.8 Å². The second-order valence-corrected chi connectivity index (χ2v) is 5.56. The van der Waals surface area contributed by atoms with Crippen LogP contribution in [0, 0.1) is 0 Å². The van der Waals surface area contributed by atoms with Crippen LogP contribution in [0.15, 0.2) is 0 Å². The number of nitrogens with one attached hydrogen (secondary N) is 1. The average Bonchev–Trinajstić information content (AvgIpc) is 2.37. The van der Waals surface area contributed by atoms with Crippen molar-refractivity contribution in [1.29, 1.82) is 0 Å². The Hall–Kier alpha value is -0.0300. The maximum atomic E-state index is 11.7. The fraction of sp³-hybridized carbons (Fsp3) is 0.933. The van der Waals surface area contributed by atoms with Gasteiger partial charge in [-0.15, -0.1) is 24.8 Å². The lowest BCUT2D eigenvalue weighted by Gasteiger charge is -2.24. The molecule has 0 aromatic carbocycles. The third kappa shape index (κ3) is 13.4. The maximum Gasteiger partial charge on any atom is 0.221 e. The number of amides is 1. The van der Waals surface area contributed by atoms with Crippen LogP contribution in [0.3, 0.4) is 0 Å². The van der Waals surface area contributed by atoms with Crippen molar-refractivity contribution >= 4 is 30.7 Å². The number of rotatable bonds is 8. The second-order valence-electron chi connectivity index (χ2n) is 5.56. The molecule has 1 amide bonds. The van der Waals surface area contributed by atoms with Crippen molar-refractivity contribution in [1.82, 2.24) is 10.2 Å². The Morgan fingerprint density at radius 1 is 0.952 bits per heavy atom. The van der Waals surface area contributed by atoms with Gasteiger partial charge >= 0.3 is 0 Å². The number of hydrogen-bond donors (Lipinski definition) is 2. The van der Waals surface area contributed by atoms with Gasteiger partial charge in [0.05, 0.1) is 0 Å². The molecule has 128 valence electrons. The molecule has 0 unspecified atom stereocenters. The van der Waals surface area contributed by atoms with Crippen molar-refractivity contribution in [3.05, 3.63) is 0 Å². The summed E-state index contributed by atoms with van der Waals surface area (Å²) in [6, 6.07) is 0. The minimum atomic E-state index is 0. The highest BCUT2D eigenvalue weighted by Gasteiger charge is 2.09. The zero-order valence-corrected chi connectivity index (χ0v) is 14.8. The quantitative estimate of drug-likeness (QED) is 0.667. The first-order valence-corrected chi connectivity index (χ1v) is 8.02. The van der Waals surface area contributed by atoms with Crippen LogP contribution in [0.1, 0.15) is 57.8 Å². The molecule has 1 heterocycles. The first-order valence-electron chi connectivity index (χ1n) is 8.02. The molecule has 0 saturated carbocycles. The lowest BCUT2D eigenvalue weighted by molar-refractivity contribution is -0.121. The van der Waals surface area contributed by atoms with E-state index in [1.807, 2.05) is 0 Å². The Labute approximate surface area is 142 Å². The summed E-state index contributed by atoms with van der Waals surface area (Å²) < 4.78 is 0. The number of nitrogens with zero attached hydrogens (tertiary/aromatic N) is 1. The summed E-state index contributed by atoms with van der Waals surface area (Å²) in [6.07, 6.45) is 10.5. The van der Waals surface area contributed by atoms with E-state index in [1.54, 1.807) is 0 Å². The number of carbonyl (C=O) groups is 1. The molecule has 1 fully saturated rings. The summed E-state index contributed by atoms with van der Waals surface area (Å²) in [6.45, 7) is 4.82. The van der Waals surface area contributed by atoms with Gasteiger partial charge in [-0.25, -0.2) is 0 Å². The molecule has 6 heteroatoms. The van der Waals surface area contributed by atoms with Crippen molar-refractivity contribution in [3.8, 4) is 0 Å². The molecule has 0 aliphatic carbocycles. The van der Waals surface area contributed by atoms with Crippen LogP contribution in [0.25, 0.3) is 0 Å². The third-order valence-corrected chi connectivity index (χ3v) is 3.81. The predicted molar refractivity (Wildman–Crippen MR) is 94.6 cm³/mol. The molecule has 0 atom stereocenters. The van der Waals surface area contributed by atoms with E-state index in [9.17, 15) is 4.79 Å². The first kappa shape index (κ1) is 23.2. The van der Waals surface area contributed by atoms with Crippen molar-refractivity contribution in [2.45, 2.75) is 57.8 Å². The van der Waals surface area contributed by atoms with Crippen LogP contribution in [-0.4, -0.2) is 43.5 Å². The monoisotopic (exact) mass is 341 g/mol. The molecule has 3 N–H and O–H groups in total. The lowest BCUT2D eigenvalue weighted by Crippen LogP contribution is -2.33. The van der Waals surface area contributed by atoms with Gasteiger partial charge in [0.25, 0.3) is 0 Å². The van der Waals surface area contributed by atoms with E-state index in [-0.39, 0.29) is 30.7 Å². The van der Waals surface area contributed by atoms with Gasteiger partial charge in [0.2, 0.25) is 5.91 Å². The van der Waals surface area contributed by atoms with E-state index in [0.29, 0.717) is 6.42 Å². The second kappa shape index (κ2) is 16.3. The molecule has 1 aliphatic heterocycles. The zero-order valence-electron chi connectivity index (χ0n) is 13.1. The normalized spacial score (nSPS) is 16.0. The van der Waals surface area contributed by atoms with Gasteiger partial charge in [0, 0.05) is 19.5 Å². The van der Waals surface area contributed by atoms with Gasteiger partial charge < -0.3 is 16.0 Å². The van der Waals surface area contributed by atoms with E-state index in [1.165, 1.54) is 45.2 Å². The fourth-order valence-electron chi connectivity index (χ4n) is 2.56. The Balaban J connectivity index is 0. The summed E-state index contributed by atoms with van der Waals surface area (Å²) in [5.74, 6) is 0.204. The minimum absolute atomic E-state index is 0. The van der Waals surface area contributed by atoms with Crippen LogP contribution in [0.5, 0.6) is 0 Å². The third-order valence-electron chi connectivity index (χ3n) is 3.81. The van der Waals surface area contributed by atoms with Crippen molar-refractivity contribution in [3.63, 3.8) is 0 Å². The highest BCUT2D eigenvalue weighted by molar-refractivity contribution is 5.85. The smallest absolute Gasteiger partial charge is 0.221 e. The molecule has 0 spiro atoms. The minimum Gasteiger partial charge on any atom is -0.356 e. The van der Waals surface area contributed by atoms with Gasteiger partial charge in [0.1, 0.15) is 0 Å². The Kier molecular flexibility index (Phi) is 18.1. The van der Waals surface area contributed by atoms with Crippen molar-refractivity contribution < 1.29 is 4.79 Å². The highest BCUT2D eigenvalue weighted by atomic mass is 35.5. The number of likely N-dealkylation sites (tertiary alicyclic amines) is 1.